The zero-order valence-electron chi connectivity index (χ0n) is 18.5. The lowest BCUT2D eigenvalue weighted by Crippen LogP contribution is -2.49. The highest BCUT2D eigenvalue weighted by Crippen LogP contribution is 2.35. The maximum Gasteiger partial charge on any atom is 0.340 e. The van der Waals surface area contributed by atoms with Crippen LogP contribution in [0.5, 0.6) is 5.75 Å². The number of fused-ring (bicyclic) bond motifs is 5. The molecule has 1 aromatic carbocycles. The monoisotopic (exact) mass is 434 g/mol. The number of ether oxygens (including phenoxy) is 1. The number of benzene rings is 1. The lowest BCUT2D eigenvalue weighted by Gasteiger charge is -2.42. The van der Waals surface area contributed by atoms with E-state index in [4.69, 9.17) is 9.15 Å². The van der Waals surface area contributed by atoms with Gasteiger partial charge in [0, 0.05) is 37.3 Å². The molecule has 1 fully saturated rings. The van der Waals surface area contributed by atoms with Gasteiger partial charge in [-0.3, -0.25) is 9.59 Å². The third-order valence-corrected chi connectivity index (χ3v) is 6.87. The van der Waals surface area contributed by atoms with Crippen LogP contribution in [0, 0.1) is 19.8 Å². The number of likely N-dealkylation sites (tertiary alicyclic amines) is 1. The van der Waals surface area contributed by atoms with Crippen molar-refractivity contribution in [1.29, 1.82) is 0 Å². The molecule has 0 N–H and O–H groups in total. The van der Waals surface area contributed by atoms with Gasteiger partial charge in [-0.2, -0.15) is 0 Å². The molecular formula is C25H26N2O5. The molecule has 0 aliphatic carbocycles. The maximum atomic E-state index is 13.3. The summed E-state index contributed by atoms with van der Waals surface area (Å²) in [5, 5.41) is 0.726. The average Bonchev–Trinajstić information content (AvgIpc) is 2.76. The molecule has 32 heavy (non-hydrogen) atoms. The Bertz CT molecular complexity index is 1350. The summed E-state index contributed by atoms with van der Waals surface area (Å²) in [5.41, 5.74) is 3.02. The Morgan fingerprint density at radius 3 is 2.75 bits per heavy atom. The summed E-state index contributed by atoms with van der Waals surface area (Å²) in [4.78, 5) is 40.1. The highest BCUT2D eigenvalue weighted by atomic mass is 16.5. The van der Waals surface area contributed by atoms with Gasteiger partial charge >= 0.3 is 5.63 Å². The van der Waals surface area contributed by atoms with Gasteiger partial charge in [0.15, 0.2) is 0 Å². The van der Waals surface area contributed by atoms with E-state index in [1.54, 1.807) is 19.2 Å². The van der Waals surface area contributed by atoms with Crippen molar-refractivity contribution in [1.82, 2.24) is 9.47 Å². The first-order chi connectivity index (χ1) is 15.4. The van der Waals surface area contributed by atoms with Crippen LogP contribution in [0.1, 0.15) is 34.7 Å². The smallest absolute Gasteiger partial charge is 0.340 e. The van der Waals surface area contributed by atoms with Crippen molar-refractivity contribution in [2.45, 2.75) is 39.2 Å². The number of carbonyl (C=O) groups excluding carboxylic acids is 1. The summed E-state index contributed by atoms with van der Waals surface area (Å²) in [5.74, 6) is 0.914. The predicted molar refractivity (Wildman–Crippen MR) is 120 cm³/mol. The van der Waals surface area contributed by atoms with Crippen molar-refractivity contribution >= 4 is 16.9 Å². The second kappa shape index (κ2) is 7.65. The number of rotatable bonds is 3. The first-order valence-electron chi connectivity index (χ1n) is 10.9. The normalized spacial score (nSPS) is 19.7. The van der Waals surface area contributed by atoms with Crippen LogP contribution in [-0.4, -0.2) is 35.6 Å². The number of pyridine rings is 1. The van der Waals surface area contributed by atoms with Crippen LogP contribution >= 0.6 is 0 Å². The van der Waals surface area contributed by atoms with E-state index in [0.717, 1.165) is 28.6 Å². The van der Waals surface area contributed by atoms with Crippen molar-refractivity contribution in [3.63, 3.8) is 0 Å². The van der Waals surface area contributed by atoms with Crippen molar-refractivity contribution in [2.24, 2.45) is 5.92 Å². The van der Waals surface area contributed by atoms with Crippen molar-refractivity contribution in [3.8, 4) is 5.75 Å². The SMILES string of the molecule is COc1cc(C)cc2oc(=O)c(CC(=O)N3C[C@@H]4C[C@H](C3)c3cccc(=O)n3C4)c(C)c12. The zero-order valence-corrected chi connectivity index (χ0v) is 18.5. The van der Waals surface area contributed by atoms with E-state index in [2.05, 4.69) is 0 Å². The molecule has 0 unspecified atom stereocenters. The van der Waals surface area contributed by atoms with E-state index in [-0.39, 0.29) is 29.7 Å². The number of nitrogens with zero attached hydrogens (tertiary/aromatic N) is 2. The molecule has 4 heterocycles. The fraction of sp³-hybridized carbons (Fsp3) is 0.400. The molecule has 2 aromatic heterocycles. The highest BCUT2D eigenvalue weighted by molar-refractivity contribution is 5.89. The molecule has 0 spiro atoms. The van der Waals surface area contributed by atoms with Crippen LogP contribution in [0.4, 0.5) is 0 Å². The molecule has 2 atom stereocenters. The number of aryl methyl sites for hydroxylation is 2. The topological polar surface area (TPSA) is 81.8 Å². The van der Waals surface area contributed by atoms with E-state index in [1.165, 1.54) is 0 Å². The van der Waals surface area contributed by atoms with E-state index < -0.39 is 5.63 Å². The summed E-state index contributed by atoms with van der Waals surface area (Å²) in [6.07, 6.45) is 0.961. The van der Waals surface area contributed by atoms with Gasteiger partial charge in [-0.15, -0.1) is 0 Å². The van der Waals surface area contributed by atoms with E-state index in [1.807, 2.05) is 41.5 Å². The summed E-state index contributed by atoms with van der Waals surface area (Å²) >= 11 is 0. The quantitative estimate of drug-likeness (QED) is 0.592. The van der Waals surface area contributed by atoms with E-state index in [0.29, 0.717) is 36.5 Å². The third-order valence-electron chi connectivity index (χ3n) is 6.87. The van der Waals surface area contributed by atoms with Crippen molar-refractivity contribution < 1.29 is 13.9 Å². The number of hydrogen-bond acceptors (Lipinski definition) is 5. The molecule has 0 radical (unpaired) electrons. The molecule has 7 heteroatoms. The Morgan fingerprint density at radius 2 is 1.97 bits per heavy atom. The fourth-order valence-corrected chi connectivity index (χ4v) is 5.37. The molecule has 5 rings (SSSR count). The molecular weight excluding hydrogens is 408 g/mol. The van der Waals surface area contributed by atoms with Crippen LogP contribution in [0.3, 0.4) is 0 Å². The van der Waals surface area contributed by atoms with Crippen molar-refractivity contribution in [3.05, 3.63) is 73.5 Å². The average molecular weight is 434 g/mol. The van der Waals surface area contributed by atoms with Gasteiger partial charge in [-0.25, -0.2) is 4.79 Å². The van der Waals surface area contributed by atoms with E-state index >= 15 is 0 Å². The lowest BCUT2D eigenvalue weighted by atomic mass is 9.83. The number of methoxy groups -OCH3 is 1. The number of hydrogen-bond donors (Lipinski definition) is 0. The maximum absolute atomic E-state index is 13.3. The molecule has 2 aliphatic rings. The predicted octanol–water partition coefficient (Wildman–Crippen LogP) is 2.77. The molecule has 1 saturated heterocycles. The number of amides is 1. The molecule has 1 amide bonds. The second-order valence-corrected chi connectivity index (χ2v) is 9.01. The van der Waals surface area contributed by atoms with Gasteiger partial charge in [0.05, 0.1) is 24.5 Å². The molecule has 0 saturated carbocycles. The minimum Gasteiger partial charge on any atom is -0.496 e. The number of aromatic nitrogens is 1. The zero-order chi connectivity index (χ0) is 22.6. The number of carbonyl (C=O) groups is 1. The molecule has 2 aliphatic heterocycles. The van der Waals surface area contributed by atoms with Crippen LogP contribution < -0.4 is 15.9 Å². The Hall–Kier alpha value is -3.35. The Balaban J connectivity index is 1.45. The van der Waals surface area contributed by atoms with Gasteiger partial charge in [0.25, 0.3) is 5.56 Å². The Kier molecular flexibility index (Phi) is 4.92. The minimum atomic E-state index is -0.481. The fourth-order valence-electron chi connectivity index (χ4n) is 5.37. The van der Waals surface area contributed by atoms with Crippen LogP contribution in [0.25, 0.3) is 11.0 Å². The molecule has 3 aromatic rings. The van der Waals surface area contributed by atoms with Gasteiger partial charge < -0.3 is 18.6 Å². The van der Waals surface area contributed by atoms with Gasteiger partial charge in [-0.05, 0) is 55.5 Å². The minimum absolute atomic E-state index is 0.0117. The summed E-state index contributed by atoms with van der Waals surface area (Å²) in [7, 11) is 1.58. The largest absolute Gasteiger partial charge is 0.496 e. The highest BCUT2D eigenvalue weighted by Gasteiger charge is 2.36. The van der Waals surface area contributed by atoms with Gasteiger partial charge in [0.2, 0.25) is 5.91 Å². The number of piperidine rings is 1. The van der Waals surface area contributed by atoms with Crippen LogP contribution in [0.15, 0.2) is 44.3 Å². The summed E-state index contributed by atoms with van der Waals surface area (Å²) < 4.78 is 12.9. The first kappa shape index (κ1) is 20.5. The third kappa shape index (κ3) is 3.32. The standard InChI is InChI=1S/C25H26N2O5/c1-14-7-20(31-3)24-15(2)18(25(30)32-21(24)8-14)10-23(29)26-11-16-9-17(13-26)19-5-4-6-22(28)27(19)12-16/h4-8,16-17H,9-13H2,1-3H3/t16-,17+/m0/s1. The second-order valence-electron chi connectivity index (χ2n) is 9.01. The van der Waals surface area contributed by atoms with Gasteiger partial charge in [0.1, 0.15) is 11.3 Å². The summed E-state index contributed by atoms with van der Waals surface area (Å²) in [6.45, 7) is 5.53. The van der Waals surface area contributed by atoms with Gasteiger partial charge in [-0.1, -0.05) is 6.07 Å². The Morgan fingerprint density at radius 1 is 1.16 bits per heavy atom. The van der Waals surface area contributed by atoms with Crippen LogP contribution in [-0.2, 0) is 17.8 Å². The molecule has 166 valence electrons. The lowest BCUT2D eigenvalue weighted by molar-refractivity contribution is -0.133. The molecule has 7 nitrogen and oxygen atoms in total. The van der Waals surface area contributed by atoms with Crippen LogP contribution in [0.2, 0.25) is 0 Å². The molecule has 2 bridgehead atoms. The first-order valence-corrected chi connectivity index (χ1v) is 10.9. The van der Waals surface area contributed by atoms with Crippen molar-refractivity contribution in [2.75, 3.05) is 20.2 Å². The Labute approximate surface area is 185 Å². The van der Waals surface area contributed by atoms with E-state index in [9.17, 15) is 14.4 Å². The summed E-state index contributed by atoms with van der Waals surface area (Å²) in [6, 6.07) is 9.06.